The fraction of sp³-hybridized carbons (Fsp3) is 0.400. The smallest absolute Gasteiger partial charge is 0.370 e. The van der Waals surface area contributed by atoms with Crippen LogP contribution in [-0.4, -0.2) is 25.3 Å². The number of halogens is 3. The first kappa shape index (κ1) is 18.0. The van der Waals surface area contributed by atoms with Gasteiger partial charge in [-0.2, -0.15) is 13.2 Å². The van der Waals surface area contributed by atoms with Gasteiger partial charge in [-0.05, 0) is 18.1 Å². The minimum atomic E-state index is -4.31. The molecular weight excluding hydrogens is 295 g/mol. The predicted molar refractivity (Wildman–Crippen MR) is 80.3 cm³/mol. The molecule has 0 heterocycles. The van der Waals surface area contributed by atoms with E-state index in [0.29, 0.717) is 24.6 Å². The highest BCUT2D eigenvalue weighted by Crippen LogP contribution is 2.16. The molecule has 0 saturated heterocycles. The monoisotopic (exact) mass is 315 g/mol. The van der Waals surface area contributed by atoms with Gasteiger partial charge in [-0.1, -0.05) is 36.4 Å². The SMILES string of the molecule is C=C(C)CNC(N)=NCc1cccc(COCC(F)(F)F)c1. The molecule has 1 aromatic carbocycles. The molecule has 0 saturated carbocycles. The molecule has 122 valence electrons. The molecule has 3 N–H and O–H groups in total. The van der Waals surface area contributed by atoms with Gasteiger partial charge in [-0.25, -0.2) is 4.99 Å². The molecular formula is C15H20F3N3O. The fourth-order valence-electron chi connectivity index (χ4n) is 1.58. The highest BCUT2D eigenvalue weighted by Gasteiger charge is 2.27. The van der Waals surface area contributed by atoms with Gasteiger partial charge in [0, 0.05) is 6.54 Å². The molecule has 0 spiro atoms. The van der Waals surface area contributed by atoms with Crippen LogP contribution in [0.5, 0.6) is 0 Å². The Balaban J connectivity index is 2.50. The van der Waals surface area contributed by atoms with Gasteiger partial charge >= 0.3 is 6.18 Å². The third-order valence-electron chi connectivity index (χ3n) is 2.53. The number of nitrogens with two attached hydrogens (primary N) is 1. The Kier molecular flexibility index (Phi) is 6.91. The summed E-state index contributed by atoms with van der Waals surface area (Å²) in [5, 5.41) is 2.90. The molecule has 1 aromatic rings. The maximum Gasteiger partial charge on any atom is 0.411 e. The maximum absolute atomic E-state index is 12.0. The van der Waals surface area contributed by atoms with Crippen molar-refractivity contribution < 1.29 is 17.9 Å². The molecule has 0 aliphatic heterocycles. The lowest BCUT2D eigenvalue weighted by atomic mass is 10.1. The molecule has 0 amide bonds. The van der Waals surface area contributed by atoms with Gasteiger partial charge < -0.3 is 15.8 Å². The summed E-state index contributed by atoms with van der Waals surface area (Å²) in [5.41, 5.74) is 8.12. The molecule has 7 heteroatoms. The minimum Gasteiger partial charge on any atom is -0.370 e. The van der Waals surface area contributed by atoms with Crippen LogP contribution in [0, 0.1) is 0 Å². The van der Waals surface area contributed by atoms with Gasteiger partial charge in [0.05, 0.1) is 13.2 Å². The molecule has 22 heavy (non-hydrogen) atoms. The summed E-state index contributed by atoms with van der Waals surface area (Å²) < 4.78 is 40.6. The van der Waals surface area contributed by atoms with Gasteiger partial charge in [-0.3, -0.25) is 0 Å². The van der Waals surface area contributed by atoms with E-state index >= 15 is 0 Å². The van der Waals surface area contributed by atoms with Gasteiger partial charge in [0.25, 0.3) is 0 Å². The lowest BCUT2D eigenvalue weighted by molar-refractivity contribution is -0.176. The van der Waals surface area contributed by atoms with Gasteiger partial charge in [0.2, 0.25) is 0 Å². The molecule has 0 aliphatic carbocycles. The molecule has 0 bridgehead atoms. The van der Waals surface area contributed by atoms with Gasteiger partial charge in [-0.15, -0.1) is 0 Å². The Labute approximate surface area is 127 Å². The van der Waals surface area contributed by atoms with Crippen LogP contribution in [-0.2, 0) is 17.9 Å². The predicted octanol–water partition coefficient (Wildman–Crippen LogP) is 2.75. The van der Waals surface area contributed by atoms with Crippen LogP contribution in [0.3, 0.4) is 0 Å². The van der Waals surface area contributed by atoms with Crippen LogP contribution in [0.1, 0.15) is 18.1 Å². The summed E-state index contributed by atoms with van der Waals surface area (Å²) in [6.07, 6.45) is -4.31. The van der Waals surface area contributed by atoms with Crippen molar-refractivity contribution in [2.75, 3.05) is 13.2 Å². The van der Waals surface area contributed by atoms with E-state index in [2.05, 4.69) is 21.6 Å². The molecule has 0 aromatic heterocycles. The lowest BCUT2D eigenvalue weighted by Gasteiger charge is -2.08. The average molecular weight is 315 g/mol. The van der Waals surface area contributed by atoms with E-state index < -0.39 is 12.8 Å². The standard InChI is InChI=1S/C15H20F3N3O/c1-11(2)7-20-14(19)21-8-12-4-3-5-13(6-12)9-22-10-15(16,17)18/h3-6H,1,7-10H2,2H3,(H3,19,20,21). The highest BCUT2D eigenvalue weighted by molar-refractivity contribution is 5.78. The zero-order chi connectivity index (χ0) is 16.6. The molecule has 0 aliphatic rings. The van der Waals surface area contributed by atoms with Crippen molar-refractivity contribution in [3.8, 4) is 0 Å². The second kappa shape index (κ2) is 8.43. The van der Waals surface area contributed by atoms with Gasteiger partial charge in [0.15, 0.2) is 5.96 Å². The van der Waals surface area contributed by atoms with Crippen molar-refractivity contribution in [2.45, 2.75) is 26.3 Å². The zero-order valence-electron chi connectivity index (χ0n) is 12.4. The molecule has 0 radical (unpaired) electrons. The van der Waals surface area contributed by atoms with Crippen LogP contribution >= 0.6 is 0 Å². The number of nitrogens with zero attached hydrogens (tertiary/aromatic N) is 1. The normalized spacial score (nSPS) is 12.3. The zero-order valence-corrected chi connectivity index (χ0v) is 12.4. The molecule has 1 rings (SSSR count). The second-order valence-corrected chi connectivity index (χ2v) is 4.94. The molecule has 0 atom stereocenters. The first-order chi connectivity index (χ1) is 10.3. The van der Waals surface area contributed by atoms with E-state index in [1.165, 1.54) is 0 Å². The Hall–Kier alpha value is -2.02. The van der Waals surface area contributed by atoms with Crippen LogP contribution in [0.2, 0.25) is 0 Å². The maximum atomic E-state index is 12.0. The summed E-state index contributed by atoms with van der Waals surface area (Å²) >= 11 is 0. The van der Waals surface area contributed by atoms with E-state index in [-0.39, 0.29) is 6.61 Å². The van der Waals surface area contributed by atoms with Crippen LogP contribution in [0.4, 0.5) is 13.2 Å². The second-order valence-electron chi connectivity index (χ2n) is 4.94. The third kappa shape index (κ3) is 8.31. The fourth-order valence-corrected chi connectivity index (χ4v) is 1.58. The summed E-state index contributed by atoms with van der Waals surface area (Å²) in [6, 6.07) is 7.01. The number of benzene rings is 1. The van der Waals surface area contributed by atoms with Crippen molar-refractivity contribution in [1.82, 2.24) is 5.32 Å². The third-order valence-corrected chi connectivity index (χ3v) is 2.53. The number of rotatable bonds is 7. The van der Waals surface area contributed by atoms with Crippen LogP contribution in [0.15, 0.2) is 41.4 Å². The number of hydrogen-bond acceptors (Lipinski definition) is 2. The minimum absolute atomic E-state index is 0.0968. The van der Waals surface area contributed by atoms with Crippen molar-refractivity contribution >= 4 is 5.96 Å². The Morgan fingerprint density at radius 2 is 2.05 bits per heavy atom. The van der Waals surface area contributed by atoms with E-state index in [1.54, 1.807) is 18.2 Å². The number of nitrogens with one attached hydrogen (secondary N) is 1. The summed E-state index contributed by atoms with van der Waals surface area (Å²) in [4.78, 5) is 4.15. The topological polar surface area (TPSA) is 59.6 Å². The average Bonchev–Trinajstić information content (AvgIpc) is 2.42. The number of alkyl halides is 3. The summed E-state index contributed by atoms with van der Waals surface area (Å²) in [6.45, 7) is 5.13. The summed E-state index contributed by atoms with van der Waals surface area (Å²) in [5.74, 6) is 0.293. The van der Waals surface area contributed by atoms with Crippen molar-refractivity contribution in [3.05, 3.63) is 47.5 Å². The van der Waals surface area contributed by atoms with E-state index in [4.69, 9.17) is 5.73 Å². The summed E-state index contributed by atoms with van der Waals surface area (Å²) in [7, 11) is 0. The largest absolute Gasteiger partial charge is 0.411 e. The first-order valence-electron chi connectivity index (χ1n) is 6.67. The van der Waals surface area contributed by atoms with Crippen LogP contribution < -0.4 is 11.1 Å². The molecule has 4 nitrogen and oxygen atoms in total. The Morgan fingerprint density at radius 3 is 2.68 bits per heavy atom. The highest BCUT2D eigenvalue weighted by atomic mass is 19.4. The number of ether oxygens (including phenoxy) is 1. The van der Waals surface area contributed by atoms with Crippen molar-refractivity contribution in [1.29, 1.82) is 0 Å². The number of aliphatic imine (C=N–C) groups is 1. The van der Waals surface area contributed by atoms with Crippen molar-refractivity contribution in [3.63, 3.8) is 0 Å². The Morgan fingerprint density at radius 1 is 1.36 bits per heavy atom. The van der Waals surface area contributed by atoms with E-state index in [9.17, 15) is 13.2 Å². The number of hydrogen-bond donors (Lipinski definition) is 2. The van der Waals surface area contributed by atoms with Crippen LogP contribution in [0.25, 0.3) is 0 Å². The van der Waals surface area contributed by atoms with Crippen molar-refractivity contribution in [2.24, 2.45) is 10.7 Å². The number of guanidine groups is 1. The van der Waals surface area contributed by atoms with Gasteiger partial charge in [0.1, 0.15) is 6.61 Å². The molecule has 0 fully saturated rings. The van der Waals surface area contributed by atoms with E-state index in [1.807, 2.05) is 13.0 Å². The first-order valence-corrected chi connectivity index (χ1v) is 6.67. The lowest BCUT2D eigenvalue weighted by Crippen LogP contribution is -2.32. The molecule has 0 unspecified atom stereocenters. The quantitative estimate of drug-likeness (QED) is 0.462. The van der Waals surface area contributed by atoms with E-state index in [0.717, 1.165) is 11.1 Å². The Bertz CT molecular complexity index is 527.